The van der Waals surface area contributed by atoms with Crippen molar-refractivity contribution in [1.29, 1.82) is 0 Å². The maximum atomic E-state index is 6.32. The number of rotatable bonds is 5. The molecule has 112 valence electrons. The molecule has 3 heteroatoms. The SMILES string of the molecule is CCCNC(c1ccc(I)c(Cl)c1)C1CCC(C)CC1. The second kappa shape index (κ2) is 8.00. The maximum Gasteiger partial charge on any atom is 0.0542 e. The highest BCUT2D eigenvalue weighted by Gasteiger charge is 2.27. The Labute approximate surface area is 142 Å². The Kier molecular flexibility index (Phi) is 6.63. The highest BCUT2D eigenvalue weighted by Crippen LogP contribution is 2.37. The maximum absolute atomic E-state index is 6.32. The molecule has 0 radical (unpaired) electrons. The highest BCUT2D eigenvalue weighted by molar-refractivity contribution is 14.1. The van der Waals surface area contributed by atoms with Crippen LogP contribution in [-0.4, -0.2) is 6.54 Å². The number of halogens is 2. The van der Waals surface area contributed by atoms with Crippen LogP contribution in [0.25, 0.3) is 0 Å². The molecule has 1 aliphatic carbocycles. The Morgan fingerprint density at radius 3 is 2.60 bits per heavy atom. The topological polar surface area (TPSA) is 12.0 Å². The first-order valence-electron chi connectivity index (χ1n) is 7.80. The Hall–Kier alpha value is 0.200. The van der Waals surface area contributed by atoms with Gasteiger partial charge in [-0.25, -0.2) is 0 Å². The van der Waals surface area contributed by atoms with Crippen LogP contribution in [0.2, 0.25) is 5.02 Å². The van der Waals surface area contributed by atoms with Crippen molar-refractivity contribution in [3.05, 3.63) is 32.4 Å². The van der Waals surface area contributed by atoms with Gasteiger partial charge < -0.3 is 5.32 Å². The van der Waals surface area contributed by atoms with Crippen molar-refractivity contribution >= 4 is 34.2 Å². The number of hydrogen-bond donors (Lipinski definition) is 1. The van der Waals surface area contributed by atoms with E-state index in [9.17, 15) is 0 Å². The van der Waals surface area contributed by atoms with Gasteiger partial charge in [0.25, 0.3) is 0 Å². The predicted molar refractivity (Wildman–Crippen MR) is 96.3 cm³/mol. The molecule has 0 spiro atoms. The molecule has 20 heavy (non-hydrogen) atoms. The summed E-state index contributed by atoms with van der Waals surface area (Å²) in [5.41, 5.74) is 1.36. The van der Waals surface area contributed by atoms with Gasteiger partial charge in [-0.15, -0.1) is 0 Å². The lowest BCUT2D eigenvalue weighted by molar-refractivity contribution is 0.231. The molecular formula is C17H25ClIN. The van der Waals surface area contributed by atoms with Crippen LogP contribution < -0.4 is 5.32 Å². The average molecular weight is 406 g/mol. The van der Waals surface area contributed by atoms with Gasteiger partial charge in [-0.3, -0.25) is 0 Å². The average Bonchev–Trinajstić information content (AvgIpc) is 2.45. The molecule has 1 aromatic rings. The predicted octanol–water partition coefficient (Wildman–Crippen LogP) is 5.81. The monoisotopic (exact) mass is 405 g/mol. The lowest BCUT2D eigenvalue weighted by Crippen LogP contribution is -2.31. The van der Waals surface area contributed by atoms with Crippen LogP contribution in [0, 0.1) is 15.4 Å². The number of hydrogen-bond acceptors (Lipinski definition) is 1. The summed E-state index contributed by atoms with van der Waals surface area (Å²) in [5.74, 6) is 1.66. The van der Waals surface area contributed by atoms with Gasteiger partial charge >= 0.3 is 0 Å². The van der Waals surface area contributed by atoms with E-state index in [0.29, 0.717) is 6.04 Å². The van der Waals surface area contributed by atoms with Gasteiger partial charge in [-0.05, 0) is 77.9 Å². The van der Waals surface area contributed by atoms with Crippen molar-refractivity contribution in [2.24, 2.45) is 11.8 Å². The van der Waals surface area contributed by atoms with E-state index in [-0.39, 0.29) is 0 Å². The zero-order chi connectivity index (χ0) is 14.5. The van der Waals surface area contributed by atoms with Crippen molar-refractivity contribution in [2.45, 2.75) is 52.0 Å². The summed E-state index contributed by atoms with van der Waals surface area (Å²) in [4.78, 5) is 0. The zero-order valence-electron chi connectivity index (χ0n) is 12.5. The van der Waals surface area contributed by atoms with Crippen LogP contribution in [0.5, 0.6) is 0 Å². The lowest BCUT2D eigenvalue weighted by atomic mass is 9.77. The highest BCUT2D eigenvalue weighted by atomic mass is 127. The molecular weight excluding hydrogens is 381 g/mol. The van der Waals surface area contributed by atoms with Crippen molar-refractivity contribution < 1.29 is 0 Å². The van der Waals surface area contributed by atoms with E-state index in [1.165, 1.54) is 37.7 Å². The molecule has 1 aromatic carbocycles. The first kappa shape index (κ1) is 16.6. The first-order chi connectivity index (χ1) is 9.61. The van der Waals surface area contributed by atoms with E-state index in [2.05, 4.69) is 60.0 Å². The third-order valence-electron chi connectivity index (χ3n) is 4.45. The molecule has 2 rings (SSSR count). The Bertz CT molecular complexity index is 427. The van der Waals surface area contributed by atoms with Crippen LogP contribution in [0.3, 0.4) is 0 Å². The second-order valence-electron chi connectivity index (χ2n) is 6.13. The summed E-state index contributed by atoms with van der Waals surface area (Å²) in [7, 11) is 0. The minimum atomic E-state index is 0.469. The van der Waals surface area contributed by atoms with Gasteiger partial charge in [0.2, 0.25) is 0 Å². The third kappa shape index (κ3) is 4.35. The normalized spacial score (nSPS) is 24.6. The van der Waals surface area contributed by atoms with E-state index >= 15 is 0 Å². The molecule has 0 bridgehead atoms. The lowest BCUT2D eigenvalue weighted by Gasteiger charge is -2.34. The summed E-state index contributed by atoms with van der Waals surface area (Å²) in [5, 5.41) is 4.64. The molecule has 0 heterocycles. The molecule has 1 fully saturated rings. The molecule has 1 unspecified atom stereocenters. The molecule has 1 saturated carbocycles. The second-order valence-corrected chi connectivity index (χ2v) is 7.69. The van der Waals surface area contributed by atoms with Gasteiger partial charge in [0, 0.05) is 9.61 Å². The first-order valence-corrected chi connectivity index (χ1v) is 9.25. The van der Waals surface area contributed by atoms with Crippen LogP contribution in [0.4, 0.5) is 0 Å². The molecule has 1 N–H and O–H groups in total. The van der Waals surface area contributed by atoms with Gasteiger partial charge in [-0.1, -0.05) is 44.4 Å². The van der Waals surface area contributed by atoms with Crippen LogP contribution in [0.1, 0.15) is 57.6 Å². The zero-order valence-corrected chi connectivity index (χ0v) is 15.4. The summed E-state index contributed by atoms with van der Waals surface area (Å²) in [6, 6.07) is 7.02. The summed E-state index contributed by atoms with van der Waals surface area (Å²) in [6.45, 7) is 5.70. The van der Waals surface area contributed by atoms with Gasteiger partial charge in [0.05, 0.1) is 5.02 Å². The summed E-state index contributed by atoms with van der Waals surface area (Å²) in [6.07, 6.45) is 6.59. The fourth-order valence-corrected chi connectivity index (χ4v) is 3.71. The molecule has 0 amide bonds. The van der Waals surface area contributed by atoms with Crippen molar-refractivity contribution in [2.75, 3.05) is 6.54 Å². The van der Waals surface area contributed by atoms with E-state index in [1.807, 2.05) is 0 Å². The molecule has 1 nitrogen and oxygen atoms in total. The Morgan fingerprint density at radius 2 is 2.00 bits per heavy atom. The molecule has 0 aliphatic heterocycles. The van der Waals surface area contributed by atoms with E-state index in [1.54, 1.807) is 0 Å². The van der Waals surface area contributed by atoms with Crippen LogP contribution in [0.15, 0.2) is 18.2 Å². The minimum Gasteiger partial charge on any atom is -0.310 e. The minimum absolute atomic E-state index is 0.469. The Balaban J connectivity index is 2.15. The molecule has 1 aliphatic rings. The van der Waals surface area contributed by atoms with Crippen LogP contribution in [-0.2, 0) is 0 Å². The fourth-order valence-electron chi connectivity index (χ4n) is 3.18. The molecule has 0 aromatic heterocycles. The van der Waals surface area contributed by atoms with E-state index < -0.39 is 0 Å². The quantitative estimate of drug-likeness (QED) is 0.609. The summed E-state index contributed by atoms with van der Waals surface area (Å²) < 4.78 is 1.14. The fraction of sp³-hybridized carbons (Fsp3) is 0.647. The third-order valence-corrected chi connectivity index (χ3v) is 6.02. The standard InChI is InChI=1S/C17H25ClIN/c1-3-10-20-17(13-6-4-12(2)5-7-13)14-8-9-16(19)15(18)11-14/h8-9,11-13,17,20H,3-7,10H2,1-2H3. The van der Waals surface area contributed by atoms with Gasteiger partial charge in [-0.2, -0.15) is 0 Å². The molecule has 1 atom stereocenters. The largest absolute Gasteiger partial charge is 0.310 e. The number of benzene rings is 1. The van der Waals surface area contributed by atoms with Crippen molar-refractivity contribution in [3.8, 4) is 0 Å². The van der Waals surface area contributed by atoms with Crippen molar-refractivity contribution in [1.82, 2.24) is 5.32 Å². The van der Waals surface area contributed by atoms with Gasteiger partial charge in [0.1, 0.15) is 0 Å². The molecule has 0 saturated heterocycles. The van der Waals surface area contributed by atoms with Crippen molar-refractivity contribution in [3.63, 3.8) is 0 Å². The van der Waals surface area contributed by atoms with E-state index in [0.717, 1.165) is 27.0 Å². The Morgan fingerprint density at radius 1 is 1.30 bits per heavy atom. The van der Waals surface area contributed by atoms with Gasteiger partial charge in [0.15, 0.2) is 0 Å². The smallest absolute Gasteiger partial charge is 0.0542 e. The number of nitrogens with one attached hydrogen (secondary N) is 1. The summed E-state index contributed by atoms with van der Waals surface area (Å²) >= 11 is 8.62. The van der Waals surface area contributed by atoms with Crippen LogP contribution >= 0.6 is 34.2 Å². The van der Waals surface area contributed by atoms with E-state index in [4.69, 9.17) is 11.6 Å².